The van der Waals surface area contributed by atoms with Crippen molar-refractivity contribution in [2.75, 3.05) is 6.61 Å². The molecule has 5 heteroatoms. The lowest BCUT2D eigenvalue weighted by Crippen LogP contribution is -2.38. The van der Waals surface area contributed by atoms with E-state index in [4.69, 9.17) is 9.47 Å². The van der Waals surface area contributed by atoms with E-state index in [1.165, 1.54) is 0 Å². The Morgan fingerprint density at radius 2 is 1.76 bits per heavy atom. The van der Waals surface area contributed by atoms with E-state index < -0.39 is 11.5 Å². The summed E-state index contributed by atoms with van der Waals surface area (Å²) in [6.07, 6.45) is 1.92. The molecule has 1 atom stereocenters. The number of carbonyl (C=O) groups excluding carboxylic acids is 2. The van der Waals surface area contributed by atoms with Crippen LogP contribution in [-0.2, 0) is 19.1 Å². The predicted octanol–water partition coefficient (Wildman–Crippen LogP) is 3.16. The zero-order valence-corrected chi connectivity index (χ0v) is 14.4. The number of ether oxygens (including phenoxy) is 2. The van der Waals surface area contributed by atoms with Gasteiger partial charge in [-0.3, -0.25) is 9.79 Å². The summed E-state index contributed by atoms with van der Waals surface area (Å²) in [6.45, 7) is 13.3. The third kappa shape index (κ3) is 8.48. The second-order valence-electron chi connectivity index (χ2n) is 6.66. The van der Waals surface area contributed by atoms with Crippen LogP contribution in [0.25, 0.3) is 0 Å². The van der Waals surface area contributed by atoms with Crippen molar-refractivity contribution in [3.63, 3.8) is 0 Å². The monoisotopic (exact) mass is 299 g/mol. The second-order valence-corrected chi connectivity index (χ2v) is 6.66. The summed E-state index contributed by atoms with van der Waals surface area (Å²) < 4.78 is 10.2. The van der Waals surface area contributed by atoms with Crippen molar-refractivity contribution in [2.45, 2.75) is 73.0 Å². The van der Waals surface area contributed by atoms with Gasteiger partial charge in [-0.1, -0.05) is 20.8 Å². The van der Waals surface area contributed by atoms with Gasteiger partial charge in [0, 0.05) is 12.6 Å². The summed E-state index contributed by atoms with van der Waals surface area (Å²) in [7, 11) is 0. The lowest BCUT2D eigenvalue weighted by molar-refractivity contribution is -0.154. The zero-order chi connectivity index (χ0) is 16.7. The smallest absolute Gasteiger partial charge is 0.333 e. The Morgan fingerprint density at radius 1 is 1.19 bits per heavy atom. The van der Waals surface area contributed by atoms with Crippen molar-refractivity contribution in [3.05, 3.63) is 0 Å². The van der Waals surface area contributed by atoms with Crippen LogP contribution >= 0.6 is 0 Å². The number of aliphatic imine (C=N–C) groups is 1. The van der Waals surface area contributed by atoms with Gasteiger partial charge in [-0.25, -0.2) is 4.79 Å². The van der Waals surface area contributed by atoms with Crippen LogP contribution < -0.4 is 0 Å². The van der Waals surface area contributed by atoms with Crippen LogP contribution in [0.4, 0.5) is 0 Å². The minimum absolute atomic E-state index is 0.138. The fraction of sp³-hybridized carbons (Fsp3) is 0.812. The molecule has 0 radical (unpaired) electrons. The molecular formula is C16H29NO4. The Balaban J connectivity index is 5.03. The van der Waals surface area contributed by atoms with Crippen LogP contribution in [0.3, 0.4) is 0 Å². The topological polar surface area (TPSA) is 65.0 Å². The van der Waals surface area contributed by atoms with E-state index in [9.17, 15) is 9.59 Å². The molecule has 0 spiro atoms. The highest BCUT2D eigenvalue weighted by Gasteiger charge is 2.35. The van der Waals surface area contributed by atoms with E-state index >= 15 is 0 Å². The molecule has 122 valence electrons. The Kier molecular flexibility index (Phi) is 7.61. The van der Waals surface area contributed by atoms with Crippen LogP contribution in [0, 0.1) is 5.41 Å². The number of esters is 2. The van der Waals surface area contributed by atoms with E-state index in [0.717, 1.165) is 0 Å². The molecule has 0 aromatic carbocycles. The third-order valence-corrected chi connectivity index (χ3v) is 2.64. The maximum absolute atomic E-state index is 12.3. The quantitative estimate of drug-likeness (QED) is 0.535. The molecule has 0 aromatic rings. The average molecular weight is 299 g/mol. The van der Waals surface area contributed by atoms with Crippen molar-refractivity contribution in [1.29, 1.82) is 0 Å². The molecule has 1 unspecified atom stereocenters. The summed E-state index contributed by atoms with van der Waals surface area (Å²) in [5.41, 5.74) is -1.21. The van der Waals surface area contributed by atoms with Crippen molar-refractivity contribution in [3.8, 4) is 0 Å². The fourth-order valence-electron chi connectivity index (χ4n) is 1.48. The van der Waals surface area contributed by atoms with Crippen LogP contribution in [0.2, 0.25) is 0 Å². The van der Waals surface area contributed by atoms with Gasteiger partial charge >= 0.3 is 11.9 Å². The van der Waals surface area contributed by atoms with Gasteiger partial charge in [0.05, 0.1) is 12.7 Å². The van der Waals surface area contributed by atoms with Crippen molar-refractivity contribution in [1.82, 2.24) is 0 Å². The number of hydrogen-bond donors (Lipinski definition) is 0. The molecule has 0 saturated carbocycles. The molecule has 0 rings (SSSR count). The number of carbonyl (C=O) groups is 2. The van der Waals surface area contributed by atoms with Crippen molar-refractivity contribution in [2.24, 2.45) is 10.4 Å². The number of nitrogens with zero attached hydrogens (tertiary/aromatic N) is 1. The van der Waals surface area contributed by atoms with Gasteiger partial charge in [-0.2, -0.15) is 0 Å². The maximum atomic E-state index is 12.3. The van der Waals surface area contributed by atoms with E-state index in [-0.39, 0.29) is 30.3 Å². The van der Waals surface area contributed by atoms with Crippen LogP contribution in [-0.4, -0.2) is 36.4 Å². The highest BCUT2D eigenvalue weighted by atomic mass is 16.5. The van der Waals surface area contributed by atoms with Crippen molar-refractivity contribution >= 4 is 18.2 Å². The first kappa shape index (κ1) is 19.6. The summed E-state index contributed by atoms with van der Waals surface area (Å²) >= 11 is 0. The standard InChI is InChI=1S/C16H29NO4/c1-8-20-13(18)9-10-16(7,14(19)21-12(2)3)17-11-15(4,5)6/h11-12H,8-10H2,1-7H3. The first-order chi connectivity index (χ1) is 9.50. The molecule has 0 amide bonds. The van der Waals surface area contributed by atoms with Gasteiger partial charge in [0.1, 0.15) is 0 Å². The molecule has 21 heavy (non-hydrogen) atoms. The van der Waals surface area contributed by atoms with Gasteiger partial charge in [0.25, 0.3) is 0 Å². The van der Waals surface area contributed by atoms with E-state index in [1.807, 2.05) is 20.8 Å². The molecule has 0 heterocycles. The highest BCUT2D eigenvalue weighted by molar-refractivity contribution is 5.84. The Bertz CT molecular complexity index is 382. The minimum atomic E-state index is -1.07. The number of rotatable bonds is 7. The summed E-state index contributed by atoms with van der Waals surface area (Å²) in [5.74, 6) is -0.741. The van der Waals surface area contributed by atoms with Crippen LogP contribution in [0.1, 0.15) is 61.3 Å². The van der Waals surface area contributed by atoms with E-state index in [0.29, 0.717) is 6.61 Å². The Hall–Kier alpha value is -1.39. The lowest BCUT2D eigenvalue weighted by atomic mass is 9.94. The Morgan fingerprint density at radius 3 is 2.19 bits per heavy atom. The second kappa shape index (κ2) is 8.15. The molecular weight excluding hydrogens is 270 g/mol. The molecule has 0 fully saturated rings. The number of hydrogen-bond acceptors (Lipinski definition) is 5. The van der Waals surface area contributed by atoms with Crippen LogP contribution in [0.15, 0.2) is 4.99 Å². The van der Waals surface area contributed by atoms with Gasteiger partial charge in [-0.15, -0.1) is 0 Å². The molecule has 0 N–H and O–H groups in total. The van der Waals surface area contributed by atoms with Gasteiger partial charge in [-0.05, 0) is 39.5 Å². The average Bonchev–Trinajstić information content (AvgIpc) is 2.32. The minimum Gasteiger partial charge on any atom is -0.466 e. The zero-order valence-electron chi connectivity index (χ0n) is 14.4. The molecule has 0 bridgehead atoms. The normalized spacial score (nSPS) is 15.0. The fourth-order valence-corrected chi connectivity index (χ4v) is 1.48. The molecule has 0 aliphatic rings. The van der Waals surface area contributed by atoms with Gasteiger partial charge in [0.15, 0.2) is 5.54 Å². The van der Waals surface area contributed by atoms with Gasteiger partial charge in [0.2, 0.25) is 0 Å². The lowest BCUT2D eigenvalue weighted by Gasteiger charge is -2.25. The predicted molar refractivity (Wildman–Crippen MR) is 83.4 cm³/mol. The largest absolute Gasteiger partial charge is 0.466 e. The molecule has 0 aliphatic heterocycles. The first-order valence-electron chi connectivity index (χ1n) is 7.43. The van der Waals surface area contributed by atoms with Crippen LogP contribution in [0.5, 0.6) is 0 Å². The molecule has 5 nitrogen and oxygen atoms in total. The van der Waals surface area contributed by atoms with Gasteiger partial charge < -0.3 is 9.47 Å². The summed E-state index contributed by atoms with van der Waals surface area (Å²) in [4.78, 5) is 28.2. The summed E-state index contributed by atoms with van der Waals surface area (Å²) in [5, 5.41) is 0. The summed E-state index contributed by atoms with van der Waals surface area (Å²) in [6, 6.07) is 0. The molecule has 0 aromatic heterocycles. The SMILES string of the molecule is CCOC(=O)CCC(C)(N=CC(C)(C)C)C(=O)OC(C)C. The highest BCUT2D eigenvalue weighted by Crippen LogP contribution is 2.23. The molecule has 0 aliphatic carbocycles. The molecule has 0 saturated heterocycles. The first-order valence-corrected chi connectivity index (χ1v) is 7.43. The van der Waals surface area contributed by atoms with Crippen molar-refractivity contribution < 1.29 is 19.1 Å². The third-order valence-electron chi connectivity index (χ3n) is 2.64. The maximum Gasteiger partial charge on any atom is 0.333 e. The Labute approximate surface area is 128 Å². The van der Waals surface area contributed by atoms with E-state index in [2.05, 4.69) is 4.99 Å². The van der Waals surface area contributed by atoms with E-state index in [1.54, 1.807) is 33.9 Å².